The van der Waals surface area contributed by atoms with E-state index >= 15 is 0 Å². The van der Waals surface area contributed by atoms with Crippen molar-refractivity contribution < 1.29 is 35.8 Å². The monoisotopic (exact) mass is 533 g/mol. The number of fused-ring (bicyclic) bond motifs is 1. The average molecular weight is 534 g/mol. The fraction of sp³-hybridized carbons (Fsp3) is 0.174. The number of amides is 1. The first-order valence-corrected chi connectivity index (χ1v) is 13.8. The smallest absolute Gasteiger partial charge is 0.261 e. The van der Waals surface area contributed by atoms with Gasteiger partial charge in [0.05, 0.1) is 23.9 Å². The Morgan fingerprint density at radius 2 is 1.56 bits per heavy atom. The summed E-state index contributed by atoms with van der Waals surface area (Å²) in [5.41, 5.74) is 0.892. The summed E-state index contributed by atoms with van der Waals surface area (Å²) >= 11 is 0. The number of sulfonamides is 2. The van der Waals surface area contributed by atoms with E-state index in [1.807, 2.05) is 0 Å². The van der Waals surface area contributed by atoms with Crippen LogP contribution in [0.15, 0.2) is 71.6 Å². The Balaban J connectivity index is 1.43. The van der Waals surface area contributed by atoms with Gasteiger partial charge in [0, 0.05) is 17.4 Å². The predicted octanol–water partition coefficient (Wildman–Crippen LogP) is 2.63. The summed E-state index contributed by atoms with van der Waals surface area (Å²) in [5, 5.41) is 2.58. The summed E-state index contributed by atoms with van der Waals surface area (Å²) in [6.45, 7) is -0.475. The molecule has 0 saturated carbocycles. The molecule has 1 heterocycles. The van der Waals surface area contributed by atoms with Gasteiger partial charge in [-0.1, -0.05) is 0 Å². The van der Waals surface area contributed by atoms with Crippen molar-refractivity contribution in [1.82, 2.24) is 0 Å². The van der Waals surface area contributed by atoms with E-state index in [1.54, 1.807) is 30.3 Å². The largest absolute Gasteiger partial charge is 0.497 e. The number of nitrogens with one attached hydrogen (secondary N) is 2. The summed E-state index contributed by atoms with van der Waals surface area (Å²) in [7, 11) is -6.16. The summed E-state index contributed by atoms with van der Waals surface area (Å²) in [4.78, 5) is 12.6. The van der Waals surface area contributed by atoms with Gasteiger partial charge >= 0.3 is 0 Å². The molecule has 11 nitrogen and oxygen atoms in total. The maximum absolute atomic E-state index is 12.7. The van der Waals surface area contributed by atoms with E-state index in [1.165, 1.54) is 43.5 Å². The lowest BCUT2D eigenvalue weighted by Crippen LogP contribution is -2.37. The first-order valence-electron chi connectivity index (χ1n) is 10.5. The minimum atomic E-state index is -3.87. The molecule has 190 valence electrons. The van der Waals surface area contributed by atoms with Crippen LogP contribution in [0.4, 0.5) is 17.1 Å². The summed E-state index contributed by atoms with van der Waals surface area (Å²) in [6, 6.07) is 16.4. The van der Waals surface area contributed by atoms with Crippen LogP contribution in [0.2, 0.25) is 0 Å². The molecule has 1 aliphatic rings. The Bertz CT molecular complexity index is 1470. The number of anilines is 3. The topological polar surface area (TPSA) is 140 Å². The van der Waals surface area contributed by atoms with Crippen LogP contribution in [0.3, 0.4) is 0 Å². The van der Waals surface area contributed by atoms with Crippen LogP contribution >= 0.6 is 0 Å². The molecule has 2 N–H and O–H groups in total. The van der Waals surface area contributed by atoms with Crippen molar-refractivity contribution in [2.45, 2.75) is 4.90 Å². The Kier molecular flexibility index (Phi) is 6.95. The molecule has 0 unspecified atom stereocenters. The lowest BCUT2D eigenvalue weighted by Gasteiger charge is -2.22. The van der Waals surface area contributed by atoms with Crippen LogP contribution in [0.5, 0.6) is 17.2 Å². The molecule has 0 aromatic heterocycles. The van der Waals surface area contributed by atoms with Crippen LogP contribution < -0.4 is 28.6 Å². The number of benzene rings is 3. The van der Waals surface area contributed by atoms with Crippen molar-refractivity contribution in [3.05, 3.63) is 66.7 Å². The van der Waals surface area contributed by atoms with Gasteiger partial charge in [0.25, 0.3) is 10.0 Å². The van der Waals surface area contributed by atoms with E-state index in [0.29, 0.717) is 28.6 Å². The number of ether oxygens (including phenoxy) is 3. The maximum atomic E-state index is 12.7. The molecule has 1 amide bonds. The molecule has 3 aromatic rings. The molecule has 0 spiro atoms. The van der Waals surface area contributed by atoms with Crippen LogP contribution in [0, 0.1) is 0 Å². The van der Waals surface area contributed by atoms with E-state index in [4.69, 9.17) is 14.2 Å². The molecular formula is C23H23N3O8S2. The zero-order valence-electron chi connectivity index (χ0n) is 19.3. The van der Waals surface area contributed by atoms with Gasteiger partial charge in [-0.25, -0.2) is 16.8 Å². The molecule has 0 radical (unpaired) electrons. The van der Waals surface area contributed by atoms with E-state index in [-0.39, 0.29) is 17.4 Å². The second-order valence-corrected chi connectivity index (χ2v) is 11.3. The standard InChI is InChI=1S/C23H23N3O8S2/c1-32-19-8-3-17(4-9-19)25-36(30,31)20-10-5-16(6-11-20)24-23(27)14-26(35(2,28)29)18-7-12-21-22(13-18)34-15-33-21/h3-13,25H,14-15H2,1-2H3,(H,24,27). The van der Waals surface area contributed by atoms with Crippen LogP contribution in [-0.2, 0) is 24.8 Å². The maximum Gasteiger partial charge on any atom is 0.261 e. The minimum absolute atomic E-state index is 0.0190. The second kappa shape index (κ2) is 9.95. The molecule has 1 aliphatic heterocycles. The molecule has 0 fully saturated rings. The SMILES string of the molecule is COc1ccc(NS(=O)(=O)c2ccc(NC(=O)CN(c3ccc4c(c3)OCO4)S(C)(=O)=O)cc2)cc1. The highest BCUT2D eigenvalue weighted by molar-refractivity contribution is 7.92. The molecule has 4 rings (SSSR count). The number of nitrogens with zero attached hydrogens (tertiary/aromatic N) is 1. The van der Waals surface area contributed by atoms with Gasteiger partial charge < -0.3 is 19.5 Å². The Morgan fingerprint density at radius 3 is 2.19 bits per heavy atom. The fourth-order valence-corrected chi connectivity index (χ4v) is 5.27. The molecule has 3 aromatic carbocycles. The quantitative estimate of drug-likeness (QED) is 0.428. The number of carbonyl (C=O) groups is 1. The minimum Gasteiger partial charge on any atom is -0.497 e. The van der Waals surface area contributed by atoms with Crippen molar-refractivity contribution in [3.8, 4) is 17.2 Å². The summed E-state index contributed by atoms with van der Waals surface area (Å²) < 4.78 is 69.0. The van der Waals surface area contributed by atoms with E-state index in [9.17, 15) is 21.6 Å². The lowest BCUT2D eigenvalue weighted by molar-refractivity contribution is -0.114. The third kappa shape index (κ3) is 5.80. The summed E-state index contributed by atoms with van der Waals surface area (Å²) in [6.07, 6.45) is 0.986. The van der Waals surface area contributed by atoms with E-state index < -0.39 is 32.5 Å². The third-order valence-electron chi connectivity index (χ3n) is 5.12. The summed E-state index contributed by atoms with van der Waals surface area (Å²) in [5.74, 6) is 0.825. The van der Waals surface area contributed by atoms with Gasteiger partial charge in [-0.05, 0) is 60.7 Å². The average Bonchev–Trinajstić information content (AvgIpc) is 3.30. The number of rotatable bonds is 9. The predicted molar refractivity (Wildman–Crippen MR) is 134 cm³/mol. The number of hydrogen-bond acceptors (Lipinski definition) is 8. The van der Waals surface area contributed by atoms with E-state index in [0.717, 1.165) is 10.6 Å². The molecule has 0 atom stereocenters. The number of hydrogen-bond donors (Lipinski definition) is 2. The third-order valence-corrected chi connectivity index (χ3v) is 7.66. The first-order chi connectivity index (χ1) is 17.0. The highest BCUT2D eigenvalue weighted by atomic mass is 32.2. The van der Waals surface area contributed by atoms with Gasteiger partial charge in [0.1, 0.15) is 12.3 Å². The van der Waals surface area contributed by atoms with Gasteiger partial charge in [0.2, 0.25) is 22.7 Å². The highest BCUT2D eigenvalue weighted by Crippen LogP contribution is 2.36. The zero-order chi connectivity index (χ0) is 25.9. The number of methoxy groups -OCH3 is 1. The Morgan fingerprint density at radius 1 is 0.917 bits per heavy atom. The van der Waals surface area contributed by atoms with Gasteiger partial charge in [-0.2, -0.15) is 0 Å². The molecule has 0 aliphatic carbocycles. The fourth-order valence-electron chi connectivity index (χ4n) is 3.36. The van der Waals surface area contributed by atoms with Crippen molar-refractivity contribution >= 4 is 43.0 Å². The van der Waals surface area contributed by atoms with Crippen molar-refractivity contribution in [3.63, 3.8) is 0 Å². The molecule has 0 saturated heterocycles. The molecular weight excluding hydrogens is 510 g/mol. The molecule has 13 heteroatoms. The number of carbonyl (C=O) groups excluding carboxylic acids is 1. The zero-order valence-corrected chi connectivity index (χ0v) is 20.9. The van der Waals surface area contributed by atoms with Gasteiger partial charge in [0.15, 0.2) is 11.5 Å². The van der Waals surface area contributed by atoms with Crippen molar-refractivity contribution in [2.75, 3.05) is 41.0 Å². The molecule has 36 heavy (non-hydrogen) atoms. The second-order valence-electron chi connectivity index (χ2n) is 7.71. The molecule has 0 bridgehead atoms. The van der Waals surface area contributed by atoms with Crippen LogP contribution in [0.25, 0.3) is 0 Å². The van der Waals surface area contributed by atoms with E-state index in [2.05, 4.69) is 10.0 Å². The lowest BCUT2D eigenvalue weighted by atomic mass is 10.2. The highest BCUT2D eigenvalue weighted by Gasteiger charge is 2.24. The van der Waals surface area contributed by atoms with Gasteiger partial charge in [-0.3, -0.25) is 13.8 Å². The van der Waals surface area contributed by atoms with Gasteiger partial charge in [-0.15, -0.1) is 0 Å². The van der Waals surface area contributed by atoms with Crippen molar-refractivity contribution in [2.24, 2.45) is 0 Å². The Hall–Kier alpha value is -3.97. The normalized spacial score (nSPS) is 12.6. The Labute approximate surface area is 208 Å². The first kappa shape index (κ1) is 25.1. The van der Waals surface area contributed by atoms with Crippen LogP contribution in [0.1, 0.15) is 0 Å². The van der Waals surface area contributed by atoms with Crippen LogP contribution in [-0.4, -0.2) is 49.4 Å². The van der Waals surface area contributed by atoms with Crippen molar-refractivity contribution in [1.29, 1.82) is 0 Å².